The Hall–Kier alpha value is -1.63. The van der Waals surface area contributed by atoms with Gasteiger partial charge in [-0.1, -0.05) is 28.9 Å². The number of hydrogen-bond donors (Lipinski definition) is 2. The summed E-state index contributed by atoms with van der Waals surface area (Å²) in [7, 11) is 0. The number of carbonyl (C=O) groups excluding carboxylic acids is 1. The topological polar surface area (TPSA) is 80.1 Å². The second kappa shape index (κ2) is 7.58. The fourth-order valence-electron chi connectivity index (χ4n) is 2.01. The number of hydrogen-bond acceptors (Lipinski definition) is 5. The van der Waals surface area contributed by atoms with E-state index in [1.807, 2.05) is 12.1 Å². The van der Waals surface area contributed by atoms with E-state index in [0.29, 0.717) is 29.7 Å². The monoisotopic (exact) mass is 342 g/mol. The molecule has 1 aromatic heterocycles. The molecule has 0 unspecified atom stereocenters. The molecular formula is C14H16Cl2N4O2. The quantitative estimate of drug-likeness (QED) is 0.864. The van der Waals surface area contributed by atoms with Crippen molar-refractivity contribution in [3.63, 3.8) is 0 Å². The van der Waals surface area contributed by atoms with Crippen molar-refractivity contribution in [1.29, 1.82) is 0 Å². The first-order valence-electron chi connectivity index (χ1n) is 6.79. The van der Waals surface area contributed by atoms with Crippen molar-refractivity contribution in [3.05, 3.63) is 35.2 Å². The summed E-state index contributed by atoms with van der Waals surface area (Å²) in [6.07, 6.45) is 0.513. The van der Waals surface area contributed by atoms with Crippen molar-refractivity contribution >= 4 is 29.9 Å². The maximum Gasteiger partial charge on any atom is 0.228 e. The average Bonchev–Trinajstić information content (AvgIpc) is 2.85. The molecule has 1 amide bonds. The first-order chi connectivity index (χ1) is 10.2. The van der Waals surface area contributed by atoms with Gasteiger partial charge < -0.3 is 15.2 Å². The van der Waals surface area contributed by atoms with Gasteiger partial charge in [0.1, 0.15) is 0 Å². The molecule has 2 heterocycles. The van der Waals surface area contributed by atoms with Crippen LogP contribution in [0, 0.1) is 5.92 Å². The van der Waals surface area contributed by atoms with E-state index in [9.17, 15) is 4.79 Å². The largest absolute Gasteiger partial charge is 0.355 e. The highest BCUT2D eigenvalue weighted by molar-refractivity contribution is 6.30. The number of amides is 1. The summed E-state index contributed by atoms with van der Waals surface area (Å²) in [5.74, 6) is 1.16. The van der Waals surface area contributed by atoms with E-state index in [0.717, 1.165) is 18.7 Å². The zero-order valence-electron chi connectivity index (χ0n) is 11.7. The highest BCUT2D eigenvalue weighted by atomic mass is 35.5. The second-order valence-electron chi connectivity index (χ2n) is 4.92. The van der Waals surface area contributed by atoms with Gasteiger partial charge in [0, 0.05) is 36.6 Å². The molecule has 8 heteroatoms. The maximum absolute atomic E-state index is 11.6. The summed E-state index contributed by atoms with van der Waals surface area (Å²) in [5, 5.41) is 10.5. The molecule has 0 saturated carbocycles. The number of nitrogens with one attached hydrogen (secondary N) is 2. The van der Waals surface area contributed by atoms with E-state index < -0.39 is 0 Å². The normalized spacial score (nSPS) is 14.0. The summed E-state index contributed by atoms with van der Waals surface area (Å²) < 4.78 is 5.17. The lowest BCUT2D eigenvalue weighted by atomic mass is 10.0. The lowest BCUT2D eigenvalue weighted by molar-refractivity contribution is -0.126. The van der Waals surface area contributed by atoms with Crippen molar-refractivity contribution in [2.75, 3.05) is 19.6 Å². The number of aromatic nitrogens is 2. The Kier molecular flexibility index (Phi) is 5.76. The molecule has 3 rings (SSSR count). The molecule has 0 bridgehead atoms. The first-order valence-corrected chi connectivity index (χ1v) is 7.17. The highest BCUT2D eigenvalue weighted by Crippen LogP contribution is 2.19. The predicted octanol–water partition coefficient (Wildman–Crippen LogP) is 1.69. The molecule has 6 nitrogen and oxygen atoms in total. The molecule has 0 spiro atoms. The first kappa shape index (κ1) is 16.7. The molecule has 0 radical (unpaired) electrons. The summed E-state index contributed by atoms with van der Waals surface area (Å²) in [6.45, 7) is 2.00. The summed E-state index contributed by atoms with van der Waals surface area (Å²) >= 11 is 5.93. The predicted molar refractivity (Wildman–Crippen MR) is 85.1 cm³/mol. The molecule has 1 fully saturated rings. The third kappa shape index (κ3) is 3.97. The van der Waals surface area contributed by atoms with Crippen LogP contribution in [0.1, 0.15) is 5.89 Å². The van der Waals surface area contributed by atoms with Gasteiger partial charge in [-0.3, -0.25) is 4.79 Å². The molecule has 1 aliphatic heterocycles. The second-order valence-corrected chi connectivity index (χ2v) is 5.35. The smallest absolute Gasteiger partial charge is 0.228 e. The Morgan fingerprint density at radius 3 is 2.95 bits per heavy atom. The lowest BCUT2D eigenvalue weighted by Gasteiger charge is -2.25. The van der Waals surface area contributed by atoms with Gasteiger partial charge >= 0.3 is 0 Å². The fourth-order valence-corrected chi connectivity index (χ4v) is 2.20. The Labute approximate surface area is 139 Å². The van der Waals surface area contributed by atoms with Crippen molar-refractivity contribution in [2.45, 2.75) is 6.42 Å². The van der Waals surface area contributed by atoms with Gasteiger partial charge in [-0.05, 0) is 12.1 Å². The minimum Gasteiger partial charge on any atom is -0.355 e. The van der Waals surface area contributed by atoms with Crippen LogP contribution >= 0.6 is 24.0 Å². The van der Waals surface area contributed by atoms with Crippen LogP contribution in [-0.2, 0) is 11.2 Å². The van der Waals surface area contributed by atoms with Crippen LogP contribution in [0.25, 0.3) is 11.4 Å². The van der Waals surface area contributed by atoms with Gasteiger partial charge in [0.05, 0.1) is 5.92 Å². The van der Waals surface area contributed by atoms with Gasteiger partial charge in [0.25, 0.3) is 0 Å². The molecule has 0 aliphatic carbocycles. The third-order valence-corrected chi connectivity index (χ3v) is 3.58. The maximum atomic E-state index is 11.6. The SMILES string of the molecule is Cl.O=C(NCCc1nc(-c2cccc(Cl)c2)no1)C1CNC1. The molecular weight excluding hydrogens is 327 g/mol. The molecule has 118 valence electrons. The summed E-state index contributed by atoms with van der Waals surface area (Å²) in [4.78, 5) is 15.9. The number of rotatable bonds is 5. The molecule has 1 saturated heterocycles. The van der Waals surface area contributed by atoms with E-state index in [1.54, 1.807) is 12.1 Å². The van der Waals surface area contributed by atoms with E-state index in [1.165, 1.54) is 0 Å². The molecule has 0 atom stereocenters. The van der Waals surface area contributed by atoms with Crippen LogP contribution < -0.4 is 10.6 Å². The van der Waals surface area contributed by atoms with Gasteiger partial charge in [0.15, 0.2) is 0 Å². The number of halogens is 2. The van der Waals surface area contributed by atoms with Crippen molar-refractivity contribution in [3.8, 4) is 11.4 Å². The Morgan fingerprint density at radius 1 is 1.45 bits per heavy atom. The van der Waals surface area contributed by atoms with Crippen molar-refractivity contribution in [1.82, 2.24) is 20.8 Å². The third-order valence-electron chi connectivity index (χ3n) is 3.34. The van der Waals surface area contributed by atoms with E-state index in [2.05, 4.69) is 20.8 Å². The minimum atomic E-state index is 0. The summed E-state index contributed by atoms with van der Waals surface area (Å²) in [6, 6.07) is 7.27. The van der Waals surface area contributed by atoms with Gasteiger partial charge in [0.2, 0.25) is 17.6 Å². The molecule has 1 aromatic carbocycles. The van der Waals surface area contributed by atoms with Crippen LogP contribution in [0.15, 0.2) is 28.8 Å². The minimum absolute atomic E-state index is 0. The van der Waals surface area contributed by atoms with Crippen LogP contribution in [0.4, 0.5) is 0 Å². The van der Waals surface area contributed by atoms with Crippen molar-refractivity contribution in [2.24, 2.45) is 5.92 Å². The highest BCUT2D eigenvalue weighted by Gasteiger charge is 2.24. The summed E-state index contributed by atoms with van der Waals surface area (Å²) in [5.41, 5.74) is 0.807. The Bertz CT molecular complexity index is 643. The standard InChI is InChI=1S/C14H15ClN4O2.ClH/c15-11-3-1-2-9(6-11)13-18-12(21-19-13)4-5-17-14(20)10-7-16-8-10;/h1-3,6,10,16H,4-5,7-8H2,(H,17,20);1H. The lowest BCUT2D eigenvalue weighted by Crippen LogP contribution is -2.51. The van der Waals surface area contributed by atoms with E-state index in [4.69, 9.17) is 16.1 Å². The van der Waals surface area contributed by atoms with Gasteiger partial charge in [-0.2, -0.15) is 4.98 Å². The number of carbonyl (C=O) groups is 1. The van der Waals surface area contributed by atoms with Crippen LogP contribution in [-0.4, -0.2) is 35.7 Å². The number of benzene rings is 1. The van der Waals surface area contributed by atoms with E-state index >= 15 is 0 Å². The molecule has 1 aliphatic rings. The van der Waals surface area contributed by atoms with Crippen LogP contribution in [0.5, 0.6) is 0 Å². The van der Waals surface area contributed by atoms with Gasteiger partial charge in [-0.25, -0.2) is 0 Å². The molecule has 22 heavy (non-hydrogen) atoms. The van der Waals surface area contributed by atoms with Crippen LogP contribution in [0.3, 0.4) is 0 Å². The van der Waals surface area contributed by atoms with Crippen molar-refractivity contribution < 1.29 is 9.32 Å². The molecule has 2 N–H and O–H groups in total. The Morgan fingerprint density at radius 2 is 2.27 bits per heavy atom. The Balaban J connectivity index is 0.00000176. The zero-order valence-corrected chi connectivity index (χ0v) is 13.3. The van der Waals surface area contributed by atoms with Crippen LogP contribution in [0.2, 0.25) is 5.02 Å². The fraction of sp³-hybridized carbons (Fsp3) is 0.357. The average molecular weight is 343 g/mol. The molecule has 2 aromatic rings. The van der Waals surface area contributed by atoms with Gasteiger partial charge in [-0.15, -0.1) is 12.4 Å². The zero-order chi connectivity index (χ0) is 14.7. The number of nitrogens with zero attached hydrogens (tertiary/aromatic N) is 2. The van der Waals surface area contributed by atoms with E-state index in [-0.39, 0.29) is 24.2 Å².